The van der Waals surface area contributed by atoms with Gasteiger partial charge in [-0.25, -0.2) is 5.26 Å². The Labute approximate surface area is 164 Å². The molecule has 0 unspecified atom stereocenters. The van der Waals surface area contributed by atoms with E-state index in [-0.39, 0.29) is 0 Å². The molecule has 2 aromatic heterocycles. The number of nitrogen functional groups attached to an aromatic ring is 1. The van der Waals surface area contributed by atoms with E-state index < -0.39 is 0 Å². The van der Waals surface area contributed by atoms with E-state index in [1.807, 2.05) is 37.6 Å². The fourth-order valence-corrected chi connectivity index (χ4v) is 2.69. The first kappa shape index (κ1) is 20.8. The van der Waals surface area contributed by atoms with Crippen LogP contribution >= 0.6 is 0 Å². The second kappa shape index (κ2) is 9.97. The highest BCUT2D eigenvalue weighted by molar-refractivity contribution is 5.94. The molecule has 1 aliphatic carbocycles. The maximum absolute atomic E-state index is 9.57. The van der Waals surface area contributed by atoms with Gasteiger partial charge in [0.15, 0.2) is 0 Å². The largest absolute Gasteiger partial charge is 0.397 e. The van der Waals surface area contributed by atoms with Crippen LogP contribution in [0.15, 0.2) is 36.7 Å². The van der Waals surface area contributed by atoms with Crippen LogP contribution < -0.4 is 11.1 Å². The number of nitriles is 1. The molecule has 1 fully saturated rings. The van der Waals surface area contributed by atoms with E-state index >= 15 is 0 Å². The molecule has 0 bridgehead atoms. The van der Waals surface area contributed by atoms with Gasteiger partial charge in [0.1, 0.15) is 17.6 Å². The molecule has 0 aliphatic heterocycles. The van der Waals surface area contributed by atoms with Crippen molar-refractivity contribution in [1.82, 2.24) is 15.2 Å². The molecule has 2 heterocycles. The molecule has 144 valence electrons. The minimum absolute atomic E-state index is 0.454. The van der Waals surface area contributed by atoms with Crippen molar-refractivity contribution in [1.29, 1.82) is 5.26 Å². The number of aldehydes is 1. The third-order valence-corrected chi connectivity index (χ3v) is 4.39. The SMILES string of the molecule is C#N.CCc1ccncc1-c1cc(N)c2nnc(NC)cc2c1.O=CC1CC1. The summed E-state index contributed by atoms with van der Waals surface area (Å²) in [6, 6.07) is 8.01. The first-order valence-electron chi connectivity index (χ1n) is 9.05. The number of nitrogens with two attached hydrogens (primary N) is 1. The summed E-state index contributed by atoms with van der Waals surface area (Å²) in [5, 5.41) is 18.7. The van der Waals surface area contributed by atoms with Gasteiger partial charge < -0.3 is 15.8 Å². The van der Waals surface area contributed by atoms with Gasteiger partial charge in [-0.3, -0.25) is 4.98 Å². The molecule has 7 nitrogen and oxygen atoms in total. The summed E-state index contributed by atoms with van der Waals surface area (Å²) in [7, 11) is 1.82. The van der Waals surface area contributed by atoms with Gasteiger partial charge >= 0.3 is 0 Å². The lowest BCUT2D eigenvalue weighted by Gasteiger charge is -2.10. The van der Waals surface area contributed by atoms with Crippen molar-refractivity contribution >= 4 is 28.7 Å². The van der Waals surface area contributed by atoms with Crippen molar-refractivity contribution in [2.75, 3.05) is 18.1 Å². The lowest BCUT2D eigenvalue weighted by atomic mass is 9.98. The molecule has 1 aliphatic rings. The second-order valence-corrected chi connectivity index (χ2v) is 6.34. The standard InChI is InChI=1S/C16H17N5.C4H6O.CHN/c1-3-10-4-5-19-9-13(10)11-6-12-8-15(18-2)20-21-16(12)14(17)7-11;5-3-4-1-2-4;1-2/h4-9H,3,17H2,1-2H3,(H,18,20);3-4H,1-2H2;1H. The van der Waals surface area contributed by atoms with Crippen molar-refractivity contribution in [2.45, 2.75) is 26.2 Å². The van der Waals surface area contributed by atoms with Crippen molar-refractivity contribution in [2.24, 2.45) is 5.92 Å². The van der Waals surface area contributed by atoms with E-state index in [0.29, 0.717) is 11.6 Å². The molecule has 7 heteroatoms. The summed E-state index contributed by atoms with van der Waals surface area (Å²) >= 11 is 0. The Balaban J connectivity index is 0.000000342. The molecule has 3 N–H and O–H groups in total. The number of anilines is 2. The average Bonchev–Trinajstić information content (AvgIpc) is 3.60. The zero-order valence-electron chi connectivity index (χ0n) is 16.1. The molecule has 28 heavy (non-hydrogen) atoms. The van der Waals surface area contributed by atoms with Crippen molar-refractivity contribution in [3.05, 3.63) is 42.2 Å². The molecule has 3 aromatic rings. The normalized spacial score (nSPS) is 12.1. The van der Waals surface area contributed by atoms with Crippen LogP contribution in [0.5, 0.6) is 0 Å². The monoisotopic (exact) mass is 376 g/mol. The fraction of sp³-hybridized carbons (Fsp3) is 0.286. The van der Waals surface area contributed by atoms with Gasteiger partial charge in [-0.2, -0.15) is 0 Å². The van der Waals surface area contributed by atoms with Gasteiger partial charge in [0, 0.05) is 42.9 Å². The second-order valence-electron chi connectivity index (χ2n) is 6.34. The van der Waals surface area contributed by atoms with E-state index in [2.05, 4.69) is 40.1 Å². The number of hydrogen-bond donors (Lipinski definition) is 2. The molecule has 1 aromatic carbocycles. The Morgan fingerprint density at radius 3 is 2.61 bits per heavy atom. The van der Waals surface area contributed by atoms with Gasteiger partial charge in [-0.15, -0.1) is 10.2 Å². The van der Waals surface area contributed by atoms with E-state index in [1.165, 1.54) is 5.56 Å². The van der Waals surface area contributed by atoms with E-state index in [0.717, 1.165) is 53.4 Å². The number of rotatable bonds is 4. The van der Waals surface area contributed by atoms with Gasteiger partial charge in [0.25, 0.3) is 0 Å². The molecule has 0 atom stereocenters. The van der Waals surface area contributed by atoms with Crippen LogP contribution in [0, 0.1) is 17.8 Å². The predicted molar refractivity (Wildman–Crippen MR) is 112 cm³/mol. The molecule has 0 spiro atoms. The van der Waals surface area contributed by atoms with E-state index in [9.17, 15) is 4.79 Å². The number of nitrogens with one attached hydrogen (secondary N) is 1. The number of aromatic nitrogens is 3. The minimum Gasteiger partial charge on any atom is -0.397 e. The molecule has 0 radical (unpaired) electrons. The molecular weight excluding hydrogens is 352 g/mol. The van der Waals surface area contributed by atoms with Crippen LogP contribution in [0.3, 0.4) is 0 Å². The van der Waals surface area contributed by atoms with Crippen molar-refractivity contribution in [3.63, 3.8) is 0 Å². The van der Waals surface area contributed by atoms with Crippen LogP contribution in [0.1, 0.15) is 25.3 Å². The lowest BCUT2D eigenvalue weighted by molar-refractivity contribution is -0.108. The van der Waals surface area contributed by atoms with Gasteiger partial charge in [-0.05, 0) is 54.7 Å². The minimum atomic E-state index is 0.454. The highest BCUT2D eigenvalue weighted by Crippen LogP contribution is 2.30. The number of aryl methyl sites for hydroxylation is 1. The number of carbonyl (C=O) groups is 1. The highest BCUT2D eigenvalue weighted by atomic mass is 16.1. The highest BCUT2D eigenvalue weighted by Gasteiger charge is 2.18. The van der Waals surface area contributed by atoms with Crippen LogP contribution in [0.4, 0.5) is 11.5 Å². The average molecular weight is 376 g/mol. The van der Waals surface area contributed by atoms with Crippen LogP contribution in [0.25, 0.3) is 22.0 Å². The summed E-state index contributed by atoms with van der Waals surface area (Å²) in [5.74, 6) is 1.18. The zero-order chi connectivity index (χ0) is 20.5. The quantitative estimate of drug-likeness (QED) is 0.527. The Morgan fingerprint density at radius 1 is 1.29 bits per heavy atom. The Hall–Kier alpha value is -3.53. The number of hydrogen-bond acceptors (Lipinski definition) is 7. The zero-order valence-corrected chi connectivity index (χ0v) is 16.1. The Kier molecular flexibility index (Phi) is 7.40. The maximum atomic E-state index is 9.57. The number of carbonyl (C=O) groups excluding carboxylic acids is 1. The Bertz CT molecular complexity index is 966. The summed E-state index contributed by atoms with van der Waals surface area (Å²) in [5.41, 5.74) is 10.9. The molecule has 1 saturated carbocycles. The fourth-order valence-electron chi connectivity index (χ4n) is 2.69. The van der Waals surface area contributed by atoms with Gasteiger partial charge in [0.2, 0.25) is 0 Å². The first-order chi connectivity index (χ1) is 13.7. The number of nitrogens with zero attached hydrogens (tertiary/aromatic N) is 4. The van der Waals surface area contributed by atoms with Crippen molar-refractivity contribution < 1.29 is 4.79 Å². The summed E-state index contributed by atoms with van der Waals surface area (Å²) < 4.78 is 0. The molecule has 0 saturated heterocycles. The van der Waals surface area contributed by atoms with Crippen LogP contribution in [0.2, 0.25) is 0 Å². The molecular formula is C21H24N6O. The third kappa shape index (κ3) is 5.01. The third-order valence-electron chi connectivity index (χ3n) is 4.39. The molecule has 0 amide bonds. The summed E-state index contributed by atoms with van der Waals surface area (Å²) in [6.07, 6.45) is 7.96. The first-order valence-corrected chi connectivity index (χ1v) is 9.05. The summed E-state index contributed by atoms with van der Waals surface area (Å²) in [6.45, 7) is 5.63. The Morgan fingerprint density at radius 2 is 2.04 bits per heavy atom. The number of benzene rings is 1. The van der Waals surface area contributed by atoms with Crippen LogP contribution in [-0.4, -0.2) is 28.5 Å². The maximum Gasteiger partial charge on any atom is 0.149 e. The van der Waals surface area contributed by atoms with Gasteiger partial charge in [-0.1, -0.05) is 6.92 Å². The van der Waals surface area contributed by atoms with Gasteiger partial charge in [0.05, 0.1) is 5.69 Å². The topological polar surface area (TPSA) is 118 Å². The van der Waals surface area contributed by atoms with E-state index in [1.54, 1.807) is 0 Å². The number of pyridine rings is 1. The van der Waals surface area contributed by atoms with Crippen LogP contribution in [-0.2, 0) is 11.2 Å². The van der Waals surface area contributed by atoms with Crippen molar-refractivity contribution in [3.8, 4) is 17.7 Å². The predicted octanol–water partition coefficient (Wildman–Crippen LogP) is 3.61. The molecule has 4 rings (SSSR count). The smallest absolute Gasteiger partial charge is 0.149 e. The summed E-state index contributed by atoms with van der Waals surface area (Å²) in [4.78, 5) is 13.8. The lowest BCUT2D eigenvalue weighted by Crippen LogP contribution is -1.98. The number of fused-ring (bicyclic) bond motifs is 1. The van der Waals surface area contributed by atoms with E-state index in [4.69, 9.17) is 11.0 Å².